The molecule has 0 spiro atoms. The van der Waals surface area contributed by atoms with Gasteiger partial charge in [-0.2, -0.15) is 0 Å². The summed E-state index contributed by atoms with van der Waals surface area (Å²) in [5.41, 5.74) is 5.39. The van der Waals surface area contributed by atoms with Crippen LogP contribution in [-0.2, 0) is 0 Å². The van der Waals surface area contributed by atoms with E-state index < -0.39 is 0 Å². The molecule has 5 nitrogen and oxygen atoms in total. The summed E-state index contributed by atoms with van der Waals surface area (Å²) < 4.78 is 5.75. The number of nitrogens with two attached hydrogens (primary N) is 1. The zero-order chi connectivity index (χ0) is 14.8. The van der Waals surface area contributed by atoms with Gasteiger partial charge in [-0.3, -0.25) is 0 Å². The maximum Gasteiger partial charge on any atom is 0.185 e. The number of hydrogen-bond acceptors (Lipinski definition) is 4. The minimum atomic E-state index is 0.448. The van der Waals surface area contributed by atoms with Crippen molar-refractivity contribution in [3.05, 3.63) is 59.5 Å². The first-order chi connectivity index (χ1) is 10.2. The molecule has 0 aliphatic heterocycles. The van der Waals surface area contributed by atoms with E-state index in [1.165, 1.54) is 0 Å². The SMILES string of the molecule is Cc1cc(C)nc(/N=C(\NN)c2cc3ccccc3o2)c1. The Morgan fingerprint density at radius 2 is 2.00 bits per heavy atom. The molecule has 2 aromatic heterocycles. The lowest BCUT2D eigenvalue weighted by Crippen LogP contribution is -2.30. The van der Waals surface area contributed by atoms with E-state index in [2.05, 4.69) is 15.4 Å². The van der Waals surface area contributed by atoms with Gasteiger partial charge in [0.25, 0.3) is 0 Å². The van der Waals surface area contributed by atoms with Crippen LogP contribution < -0.4 is 11.3 Å². The molecule has 0 saturated heterocycles. The normalized spacial score (nSPS) is 11.9. The monoisotopic (exact) mass is 280 g/mol. The average molecular weight is 280 g/mol. The number of fused-ring (bicyclic) bond motifs is 1. The molecule has 0 fully saturated rings. The number of rotatable bonds is 2. The van der Waals surface area contributed by atoms with Crippen LogP contribution in [0.2, 0.25) is 0 Å². The van der Waals surface area contributed by atoms with E-state index in [4.69, 9.17) is 10.3 Å². The molecule has 3 N–H and O–H groups in total. The minimum Gasteiger partial charge on any atom is -0.453 e. The number of amidine groups is 1. The zero-order valence-electron chi connectivity index (χ0n) is 11.9. The maximum absolute atomic E-state index is 5.75. The molecule has 0 bridgehead atoms. The third-order valence-electron chi connectivity index (χ3n) is 3.11. The molecular weight excluding hydrogens is 264 g/mol. The van der Waals surface area contributed by atoms with Gasteiger partial charge in [0, 0.05) is 11.1 Å². The van der Waals surface area contributed by atoms with Crippen LogP contribution in [0.25, 0.3) is 11.0 Å². The fourth-order valence-electron chi connectivity index (χ4n) is 2.25. The Morgan fingerprint density at radius 1 is 1.19 bits per heavy atom. The van der Waals surface area contributed by atoms with Crippen LogP contribution in [0.4, 0.5) is 5.82 Å². The topological polar surface area (TPSA) is 76.4 Å². The van der Waals surface area contributed by atoms with Crippen molar-refractivity contribution >= 4 is 22.6 Å². The van der Waals surface area contributed by atoms with Gasteiger partial charge in [0.15, 0.2) is 17.4 Å². The van der Waals surface area contributed by atoms with Gasteiger partial charge in [0.2, 0.25) is 0 Å². The van der Waals surface area contributed by atoms with Crippen molar-refractivity contribution in [1.82, 2.24) is 10.4 Å². The van der Waals surface area contributed by atoms with E-state index in [1.54, 1.807) is 0 Å². The lowest BCUT2D eigenvalue weighted by atomic mass is 10.2. The summed E-state index contributed by atoms with van der Waals surface area (Å²) in [4.78, 5) is 8.82. The van der Waals surface area contributed by atoms with Crippen molar-refractivity contribution in [2.45, 2.75) is 13.8 Å². The number of para-hydroxylation sites is 1. The quantitative estimate of drug-likeness (QED) is 0.327. The van der Waals surface area contributed by atoms with Crippen molar-refractivity contribution in [3.8, 4) is 0 Å². The van der Waals surface area contributed by atoms with Gasteiger partial charge in [0.1, 0.15) is 5.58 Å². The number of benzene rings is 1. The lowest BCUT2D eigenvalue weighted by Gasteiger charge is -2.03. The largest absolute Gasteiger partial charge is 0.453 e. The highest BCUT2D eigenvalue weighted by atomic mass is 16.3. The number of furan rings is 1. The summed E-state index contributed by atoms with van der Waals surface area (Å²) in [5.74, 6) is 7.21. The van der Waals surface area contributed by atoms with Crippen LogP contribution in [0.15, 0.2) is 51.9 Å². The van der Waals surface area contributed by atoms with Crippen molar-refractivity contribution in [2.24, 2.45) is 10.8 Å². The Morgan fingerprint density at radius 3 is 2.71 bits per heavy atom. The van der Waals surface area contributed by atoms with Gasteiger partial charge >= 0.3 is 0 Å². The molecule has 3 rings (SSSR count). The first kappa shape index (κ1) is 13.3. The maximum atomic E-state index is 5.75. The zero-order valence-corrected chi connectivity index (χ0v) is 11.9. The number of pyridine rings is 1. The second-order valence-corrected chi connectivity index (χ2v) is 4.90. The summed E-state index contributed by atoms with van der Waals surface area (Å²) in [6.45, 7) is 3.94. The fraction of sp³-hybridized carbons (Fsp3) is 0.125. The first-order valence-corrected chi connectivity index (χ1v) is 6.65. The van der Waals surface area contributed by atoms with E-state index >= 15 is 0 Å². The molecule has 0 radical (unpaired) electrons. The molecular formula is C16H16N4O. The highest BCUT2D eigenvalue weighted by molar-refractivity contribution is 6.00. The third-order valence-corrected chi connectivity index (χ3v) is 3.11. The molecule has 106 valence electrons. The highest BCUT2D eigenvalue weighted by Gasteiger charge is 2.10. The molecule has 5 heteroatoms. The van der Waals surface area contributed by atoms with Crippen LogP contribution in [0.3, 0.4) is 0 Å². The predicted molar refractivity (Wildman–Crippen MR) is 83.4 cm³/mol. The molecule has 0 unspecified atom stereocenters. The number of nitrogens with zero attached hydrogens (tertiary/aromatic N) is 2. The number of hydrazine groups is 1. The molecule has 0 aliphatic carbocycles. The summed E-state index contributed by atoms with van der Waals surface area (Å²) in [6.07, 6.45) is 0. The summed E-state index contributed by atoms with van der Waals surface area (Å²) in [7, 11) is 0. The Balaban J connectivity index is 2.06. The van der Waals surface area contributed by atoms with Crippen LogP contribution in [0.1, 0.15) is 17.0 Å². The molecule has 2 heterocycles. The van der Waals surface area contributed by atoms with Crippen molar-refractivity contribution in [2.75, 3.05) is 0 Å². The average Bonchev–Trinajstić information content (AvgIpc) is 2.87. The number of hydrogen-bond donors (Lipinski definition) is 2. The summed E-state index contributed by atoms with van der Waals surface area (Å²) >= 11 is 0. The summed E-state index contributed by atoms with van der Waals surface area (Å²) in [5, 5.41) is 1.00. The fourth-order valence-corrected chi connectivity index (χ4v) is 2.25. The van der Waals surface area contributed by atoms with Crippen molar-refractivity contribution in [3.63, 3.8) is 0 Å². The second kappa shape index (κ2) is 5.38. The highest BCUT2D eigenvalue weighted by Crippen LogP contribution is 2.20. The van der Waals surface area contributed by atoms with Gasteiger partial charge in [-0.05, 0) is 43.7 Å². The van der Waals surface area contributed by atoms with E-state index in [-0.39, 0.29) is 0 Å². The van der Waals surface area contributed by atoms with Gasteiger partial charge in [-0.1, -0.05) is 18.2 Å². The minimum absolute atomic E-state index is 0.448. The molecule has 0 saturated carbocycles. The van der Waals surface area contributed by atoms with E-state index in [1.807, 2.05) is 56.3 Å². The van der Waals surface area contributed by atoms with Crippen molar-refractivity contribution < 1.29 is 4.42 Å². The molecule has 21 heavy (non-hydrogen) atoms. The molecule has 0 amide bonds. The Bertz CT molecular complexity index is 767. The number of aromatic nitrogens is 1. The molecule has 0 aliphatic rings. The van der Waals surface area contributed by atoms with Gasteiger partial charge < -0.3 is 9.84 Å². The standard InChI is InChI=1S/C16H16N4O/c1-10-7-11(2)18-15(8-10)19-16(20-17)14-9-12-5-3-4-6-13(12)21-14/h3-9H,17H2,1-2H3,(H,18,19,20). The Kier molecular flexibility index (Phi) is 3.41. The van der Waals surface area contributed by atoms with E-state index in [9.17, 15) is 0 Å². The van der Waals surface area contributed by atoms with Gasteiger partial charge in [-0.25, -0.2) is 15.8 Å². The molecule has 1 aromatic carbocycles. The van der Waals surface area contributed by atoms with Crippen LogP contribution in [0, 0.1) is 13.8 Å². The second-order valence-electron chi connectivity index (χ2n) is 4.90. The predicted octanol–water partition coefficient (Wildman–Crippen LogP) is 2.99. The molecule has 0 atom stereocenters. The Labute approximate surface area is 122 Å². The number of aryl methyl sites for hydroxylation is 2. The number of nitrogens with one attached hydrogen (secondary N) is 1. The Hall–Kier alpha value is -2.66. The van der Waals surface area contributed by atoms with E-state index in [0.29, 0.717) is 17.4 Å². The molecule has 3 aromatic rings. The van der Waals surface area contributed by atoms with Gasteiger partial charge in [-0.15, -0.1) is 0 Å². The van der Waals surface area contributed by atoms with Crippen LogP contribution >= 0.6 is 0 Å². The first-order valence-electron chi connectivity index (χ1n) is 6.65. The van der Waals surface area contributed by atoms with Crippen LogP contribution in [-0.4, -0.2) is 10.8 Å². The van der Waals surface area contributed by atoms with Gasteiger partial charge in [0.05, 0.1) is 0 Å². The smallest absolute Gasteiger partial charge is 0.185 e. The van der Waals surface area contributed by atoms with E-state index in [0.717, 1.165) is 22.2 Å². The summed E-state index contributed by atoms with van der Waals surface area (Å²) in [6, 6.07) is 13.6. The third kappa shape index (κ3) is 2.78. The van der Waals surface area contributed by atoms with Crippen LogP contribution in [0.5, 0.6) is 0 Å². The lowest BCUT2D eigenvalue weighted by molar-refractivity contribution is 0.600. The van der Waals surface area contributed by atoms with Crippen molar-refractivity contribution in [1.29, 1.82) is 0 Å². The number of aliphatic imine (C=N–C) groups is 1.